The van der Waals surface area contributed by atoms with Gasteiger partial charge in [-0.25, -0.2) is 4.79 Å². The van der Waals surface area contributed by atoms with E-state index >= 15 is 0 Å². The zero-order chi connectivity index (χ0) is 7.98. The average Bonchev–Trinajstić information content (AvgIpc) is 1.88. The van der Waals surface area contributed by atoms with E-state index in [1.807, 2.05) is 0 Å². The topological polar surface area (TPSA) is 35.5 Å². The molecule has 0 unspecified atom stereocenters. The van der Waals surface area contributed by atoms with Gasteiger partial charge in [-0.1, -0.05) is 0 Å². The summed E-state index contributed by atoms with van der Waals surface area (Å²) in [5.74, 6) is 0.119. The number of rotatable bonds is 3. The number of carbonyl (C=O) groups excluding carboxylic acids is 1. The second kappa shape index (κ2) is 4.85. The third-order valence-electron chi connectivity index (χ3n) is 0.877. The van der Waals surface area contributed by atoms with Gasteiger partial charge in [0.2, 0.25) is 0 Å². The van der Waals surface area contributed by atoms with E-state index in [0.717, 1.165) is 0 Å². The van der Waals surface area contributed by atoms with E-state index in [2.05, 4.69) is 4.74 Å². The van der Waals surface area contributed by atoms with Crippen molar-refractivity contribution in [2.45, 2.75) is 13.8 Å². The monoisotopic (exact) mass is 143 g/mol. The average molecular weight is 143 g/mol. The predicted molar refractivity (Wildman–Crippen MR) is 36.8 cm³/mol. The Morgan fingerprint density at radius 1 is 1.50 bits per heavy atom. The molecule has 0 aliphatic rings. The van der Waals surface area contributed by atoms with Gasteiger partial charge in [-0.05, 0) is 13.8 Å². The number of methoxy groups -OCH3 is 1. The van der Waals surface area contributed by atoms with Crippen LogP contribution in [0.25, 0.3) is 0 Å². The summed E-state index contributed by atoms with van der Waals surface area (Å²) in [4.78, 5) is 10.6. The van der Waals surface area contributed by atoms with Crippen LogP contribution in [0.4, 0.5) is 0 Å². The maximum Gasteiger partial charge on any atom is 0.334 e. The molecule has 57 valence electrons. The highest BCUT2D eigenvalue weighted by atomic mass is 16.5. The molecule has 10 heavy (non-hydrogen) atoms. The van der Waals surface area contributed by atoms with Crippen LogP contribution in [-0.2, 0) is 14.3 Å². The van der Waals surface area contributed by atoms with Crippen LogP contribution in [0, 0.1) is 6.61 Å². The van der Waals surface area contributed by atoms with Crippen LogP contribution in [0.2, 0.25) is 0 Å². The van der Waals surface area contributed by atoms with Gasteiger partial charge >= 0.3 is 5.97 Å². The van der Waals surface area contributed by atoms with Crippen LogP contribution in [0.5, 0.6) is 0 Å². The molecule has 0 saturated carbocycles. The molecule has 0 rings (SSSR count). The fourth-order valence-corrected chi connectivity index (χ4v) is 0.375. The molecule has 0 aliphatic carbocycles. The highest BCUT2D eigenvalue weighted by molar-refractivity contribution is 5.82. The summed E-state index contributed by atoms with van der Waals surface area (Å²) in [6.45, 7) is 4.63. The minimum Gasteiger partial charge on any atom is -0.501 e. The molecular weight excluding hydrogens is 132 g/mol. The van der Waals surface area contributed by atoms with Crippen molar-refractivity contribution in [3.63, 3.8) is 0 Å². The second-order valence-electron chi connectivity index (χ2n) is 1.63. The Kier molecular flexibility index (Phi) is 4.37. The molecule has 0 atom stereocenters. The van der Waals surface area contributed by atoms with Gasteiger partial charge < -0.3 is 9.47 Å². The van der Waals surface area contributed by atoms with Gasteiger partial charge in [0.1, 0.15) is 6.61 Å². The van der Waals surface area contributed by atoms with Crippen LogP contribution in [0.15, 0.2) is 11.8 Å². The van der Waals surface area contributed by atoms with E-state index < -0.39 is 5.97 Å². The lowest BCUT2D eigenvalue weighted by molar-refractivity contribution is -0.134. The Labute approximate surface area is 60.6 Å². The first-order valence-corrected chi connectivity index (χ1v) is 2.91. The number of allylic oxidation sites excluding steroid dienone is 1. The molecular formula is C7H11O3. The maximum absolute atomic E-state index is 10.6. The van der Waals surface area contributed by atoms with Crippen LogP contribution in [0.1, 0.15) is 13.8 Å². The minimum atomic E-state index is -0.415. The van der Waals surface area contributed by atoms with Crippen LogP contribution in [0.3, 0.4) is 0 Å². The number of ether oxygens (including phenoxy) is 2. The number of carbonyl (C=O) groups is 1. The van der Waals surface area contributed by atoms with Gasteiger partial charge in [0.25, 0.3) is 0 Å². The van der Waals surface area contributed by atoms with Gasteiger partial charge in [0.05, 0.1) is 18.9 Å². The molecule has 3 nitrogen and oxygen atoms in total. The molecule has 0 aromatic heterocycles. The van der Waals surface area contributed by atoms with Gasteiger partial charge in [0, 0.05) is 0 Å². The second-order valence-corrected chi connectivity index (χ2v) is 1.63. The molecule has 1 radical (unpaired) electrons. The van der Waals surface area contributed by atoms with Gasteiger partial charge in [-0.15, -0.1) is 0 Å². The Bertz CT molecular complexity index is 138. The van der Waals surface area contributed by atoms with E-state index in [1.165, 1.54) is 19.8 Å². The lowest BCUT2D eigenvalue weighted by atomic mass is 10.5. The van der Waals surface area contributed by atoms with Crippen LogP contribution >= 0.6 is 0 Å². The Balaban J connectivity index is 3.75. The normalized spacial score (nSPS) is 10.9. The third-order valence-corrected chi connectivity index (χ3v) is 0.877. The van der Waals surface area contributed by atoms with Crippen LogP contribution < -0.4 is 0 Å². The summed E-state index contributed by atoms with van der Waals surface area (Å²) < 4.78 is 9.21. The summed E-state index contributed by atoms with van der Waals surface area (Å²) in [6, 6.07) is 0. The Morgan fingerprint density at radius 2 is 2.10 bits per heavy atom. The first kappa shape index (κ1) is 9.01. The fraction of sp³-hybridized carbons (Fsp3) is 0.429. The molecule has 0 spiro atoms. The summed E-state index contributed by atoms with van der Waals surface area (Å²) in [5.41, 5.74) is 0. The number of hydrogen-bond acceptors (Lipinski definition) is 3. The molecule has 0 saturated heterocycles. The number of hydrogen-bond donors (Lipinski definition) is 0. The number of esters is 1. The van der Waals surface area contributed by atoms with E-state index in [-0.39, 0.29) is 0 Å². The molecule has 0 fully saturated rings. The quantitative estimate of drug-likeness (QED) is 0.339. The molecule has 0 amide bonds. The molecule has 0 aromatic carbocycles. The van der Waals surface area contributed by atoms with Crippen LogP contribution in [-0.4, -0.2) is 13.1 Å². The van der Waals surface area contributed by atoms with Crippen molar-refractivity contribution < 1.29 is 14.3 Å². The smallest absolute Gasteiger partial charge is 0.334 e. The zero-order valence-corrected chi connectivity index (χ0v) is 6.38. The molecule has 0 aromatic rings. The summed E-state index contributed by atoms with van der Waals surface area (Å²) in [6.07, 6.45) is 1.28. The van der Waals surface area contributed by atoms with Crippen molar-refractivity contribution in [2.24, 2.45) is 0 Å². The van der Waals surface area contributed by atoms with Crippen molar-refractivity contribution in [3.8, 4) is 0 Å². The standard InChI is InChI=1S/C7H11O3/c1-4-10-7(8)5-6(2)9-3/h4-5H,1-3H3/b6-5+. The van der Waals surface area contributed by atoms with Gasteiger partial charge in [-0.2, -0.15) is 0 Å². The summed E-state index contributed by atoms with van der Waals surface area (Å²) in [5, 5.41) is 0. The molecule has 0 heterocycles. The van der Waals surface area contributed by atoms with E-state index in [4.69, 9.17) is 4.74 Å². The highest BCUT2D eigenvalue weighted by Crippen LogP contribution is 1.93. The first-order chi connectivity index (χ1) is 4.70. The van der Waals surface area contributed by atoms with E-state index in [9.17, 15) is 4.79 Å². The van der Waals surface area contributed by atoms with E-state index in [1.54, 1.807) is 13.8 Å². The fourth-order valence-electron chi connectivity index (χ4n) is 0.375. The van der Waals surface area contributed by atoms with Crippen molar-refractivity contribution >= 4 is 5.97 Å². The van der Waals surface area contributed by atoms with Crippen molar-refractivity contribution in [2.75, 3.05) is 7.11 Å². The Hall–Kier alpha value is -0.990. The summed E-state index contributed by atoms with van der Waals surface area (Å²) in [7, 11) is 1.49. The summed E-state index contributed by atoms with van der Waals surface area (Å²) >= 11 is 0. The lowest BCUT2D eigenvalue weighted by Gasteiger charge is -1.97. The third kappa shape index (κ3) is 3.95. The predicted octanol–water partition coefficient (Wildman–Crippen LogP) is 1.26. The lowest BCUT2D eigenvalue weighted by Crippen LogP contribution is -1.97. The van der Waals surface area contributed by atoms with E-state index in [0.29, 0.717) is 5.76 Å². The van der Waals surface area contributed by atoms with Gasteiger partial charge in [-0.3, -0.25) is 0 Å². The molecule has 0 bridgehead atoms. The SMILES string of the molecule is C[CH]OC(=O)/C=C(\C)OC. The molecule has 3 heteroatoms. The Morgan fingerprint density at radius 3 is 2.50 bits per heavy atom. The molecule has 0 N–H and O–H groups in total. The minimum absolute atomic E-state index is 0.415. The van der Waals surface area contributed by atoms with Crippen molar-refractivity contribution in [1.29, 1.82) is 0 Å². The highest BCUT2D eigenvalue weighted by Gasteiger charge is 1.96. The molecule has 0 aliphatic heterocycles. The largest absolute Gasteiger partial charge is 0.501 e. The first-order valence-electron chi connectivity index (χ1n) is 2.91. The van der Waals surface area contributed by atoms with Crippen molar-refractivity contribution in [3.05, 3.63) is 18.4 Å². The maximum atomic E-state index is 10.6. The van der Waals surface area contributed by atoms with Gasteiger partial charge in [0.15, 0.2) is 0 Å². The zero-order valence-electron chi connectivity index (χ0n) is 6.38. The van der Waals surface area contributed by atoms with Crippen molar-refractivity contribution in [1.82, 2.24) is 0 Å².